The maximum atomic E-state index is 13.0. The minimum atomic E-state index is -0.265. The van der Waals surface area contributed by atoms with Crippen LogP contribution in [0.15, 0.2) is 30.3 Å². The average molecular weight is 404 g/mol. The van der Waals surface area contributed by atoms with Gasteiger partial charge in [-0.3, -0.25) is 14.4 Å². The maximum Gasteiger partial charge on any atom is 0.244 e. The monoisotopic (exact) mass is 403 g/mol. The zero-order valence-corrected chi connectivity index (χ0v) is 17.8. The zero-order valence-electron chi connectivity index (χ0n) is 17.8. The van der Waals surface area contributed by atoms with Crippen LogP contribution in [-0.4, -0.2) is 37.4 Å². The Morgan fingerprint density at radius 2 is 1.86 bits per heavy atom. The van der Waals surface area contributed by atoms with E-state index in [1.807, 2.05) is 30.3 Å². The summed E-state index contributed by atoms with van der Waals surface area (Å²) in [7, 11) is 0. The molecule has 2 atom stereocenters. The number of rotatable bonds is 14. The summed E-state index contributed by atoms with van der Waals surface area (Å²) in [5.74, 6) is -0.350. The molecule has 0 aromatic heterocycles. The van der Waals surface area contributed by atoms with E-state index in [9.17, 15) is 9.59 Å². The molecule has 6 heteroatoms. The molecule has 1 aliphatic heterocycles. The predicted octanol–water partition coefficient (Wildman–Crippen LogP) is 3.12. The van der Waals surface area contributed by atoms with E-state index >= 15 is 0 Å². The van der Waals surface area contributed by atoms with Crippen LogP contribution in [0.4, 0.5) is 0 Å². The van der Waals surface area contributed by atoms with Crippen LogP contribution < -0.4 is 16.1 Å². The first-order valence-corrected chi connectivity index (χ1v) is 11.1. The van der Waals surface area contributed by atoms with Gasteiger partial charge in [-0.15, -0.1) is 0 Å². The van der Waals surface area contributed by atoms with E-state index in [4.69, 9.17) is 4.84 Å². The van der Waals surface area contributed by atoms with Crippen LogP contribution in [-0.2, 0) is 21.0 Å². The fraction of sp³-hybridized carbons (Fsp3) is 0.652. The lowest BCUT2D eigenvalue weighted by molar-refractivity contribution is -0.139. The fourth-order valence-corrected chi connectivity index (χ4v) is 3.69. The Morgan fingerprint density at radius 3 is 2.59 bits per heavy atom. The Bertz CT molecular complexity index is 588. The van der Waals surface area contributed by atoms with Crippen molar-refractivity contribution < 1.29 is 14.4 Å². The molecule has 1 aromatic carbocycles. The first-order valence-electron chi connectivity index (χ1n) is 11.1. The Balaban J connectivity index is 1.78. The molecule has 6 nitrogen and oxygen atoms in total. The summed E-state index contributed by atoms with van der Waals surface area (Å²) in [5.41, 5.74) is 3.50. The van der Waals surface area contributed by atoms with Gasteiger partial charge in [0.05, 0.1) is 12.6 Å². The number of nitrogens with one attached hydrogen (secondary N) is 3. The van der Waals surface area contributed by atoms with Gasteiger partial charge in [0, 0.05) is 32.0 Å². The van der Waals surface area contributed by atoms with Crippen molar-refractivity contribution in [3.63, 3.8) is 0 Å². The molecule has 29 heavy (non-hydrogen) atoms. The number of unbranched alkanes of at least 4 members (excludes halogenated alkanes) is 5. The molecule has 1 amide bonds. The summed E-state index contributed by atoms with van der Waals surface area (Å²) < 4.78 is 0. The molecular weight excluding hydrogens is 366 g/mol. The van der Waals surface area contributed by atoms with Crippen molar-refractivity contribution in [1.82, 2.24) is 16.1 Å². The SMILES string of the molecule is CCCCCCCC[C@H](CC(=O)NOCc1ccccc1)C(=O)[C@@H]1CNCCN1. The number of carbonyl (C=O) groups excluding carboxylic acids is 2. The van der Waals surface area contributed by atoms with E-state index in [1.165, 1.54) is 25.7 Å². The first-order chi connectivity index (χ1) is 14.2. The van der Waals surface area contributed by atoms with Crippen molar-refractivity contribution in [3.8, 4) is 0 Å². The second-order valence-electron chi connectivity index (χ2n) is 7.87. The van der Waals surface area contributed by atoms with Gasteiger partial charge in [0.2, 0.25) is 5.91 Å². The third kappa shape index (κ3) is 9.52. The molecule has 0 bridgehead atoms. The van der Waals surface area contributed by atoms with Crippen LogP contribution in [0.1, 0.15) is 63.9 Å². The number of carbonyl (C=O) groups is 2. The fourth-order valence-electron chi connectivity index (χ4n) is 3.69. The molecule has 1 fully saturated rings. The van der Waals surface area contributed by atoms with Crippen LogP contribution in [0.3, 0.4) is 0 Å². The van der Waals surface area contributed by atoms with E-state index in [1.54, 1.807) is 0 Å². The Kier molecular flexibility index (Phi) is 11.6. The number of amides is 1. The number of ketones is 1. The number of Topliss-reactive ketones (excluding diaryl/α,β-unsaturated/α-hetero) is 1. The molecule has 1 aromatic rings. The van der Waals surface area contributed by atoms with Gasteiger partial charge in [0.15, 0.2) is 5.78 Å². The lowest BCUT2D eigenvalue weighted by Gasteiger charge is -2.27. The molecule has 3 N–H and O–H groups in total. The van der Waals surface area contributed by atoms with Crippen LogP contribution in [0.2, 0.25) is 0 Å². The number of hydrogen-bond donors (Lipinski definition) is 3. The Morgan fingerprint density at radius 1 is 1.10 bits per heavy atom. The number of hydroxylamine groups is 1. The summed E-state index contributed by atoms with van der Waals surface area (Å²) in [5, 5.41) is 6.54. The molecule has 1 aliphatic rings. The first kappa shape index (κ1) is 23.5. The zero-order chi connectivity index (χ0) is 20.7. The number of benzene rings is 1. The summed E-state index contributed by atoms with van der Waals surface area (Å²) in [6.07, 6.45) is 7.98. The van der Waals surface area contributed by atoms with Gasteiger partial charge in [0.1, 0.15) is 0 Å². The van der Waals surface area contributed by atoms with Gasteiger partial charge in [-0.1, -0.05) is 75.8 Å². The number of piperazine rings is 1. The van der Waals surface area contributed by atoms with Crippen LogP contribution in [0.25, 0.3) is 0 Å². The quantitative estimate of drug-likeness (QED) is 0.329. The highest BCUT2D eigenvalue weighted by Gasteiger charge is 2.29. The van der Waals surface area contributed by atoms with Gasteiger partial charge >= 0.3 is 0 Å². The highest BCUT2D eigenvalue weighted by Crippen LogP contribution is 2.18. The summed E-state index contributed by atoms with van der Waals surface area (Å²) in [6.45, 7) is 4.82. The van der Waals surface area contributed by atoms with Gasteiger partial charge in [-0.2, -0.15) is 0 Å². The minimum absolute atomic E-state index is 0.143. The normalized spacial score (nSPS) is 17.6. The van der Waals surface area contributed by atoms with Gasteiger partial charge in [0.25, 0.3) is 0 Å². The van der Waals surface area contributed by atoms with Crippen molar-refractivity contribution in [1.29, 1.82) is 0 Å². The Labute approximate surface area is 175 Å². The molecule has 2 rings (SSSR count). The molecular formula is C23H37N3O3. The molecule has 0 aliphatic carbocycles. The van der Waals surface area contributed by atoms with E-state index < -0.39 is 0 Å². The highest BCUT2D eigenvalue weighted by molar-refractivity contribution is 5.90. The lowest BCUT2D eigenvalue weighted by Crippen LogP contribution is -2.54. The van der Waals surface area contributed by atoms with E-state index in [0.717, 1.165) is 37.9 Å². The van der Waals surface area contributed by atoms with Gasteiger partial charge < -0.3 is 10.6 Å². The van der Waals surface area contributed by atoms with Crippen LogP contribution >= 0.6 is 0 Å². The molecule has 0 radical (unpaired) electrons. The summed E-state index contributed by atoms with van der Waals surface area (Å²) in [4.78, 5) is 30.7. The molecule has 1 heterocycles. The molecule has 0 spiro atoms. The van der Waals surface area contributed by atoms with Crippen molar-refractivity contribution in [2.24, 2.45) is 5.92 Å². The standard InChI is InChI=1S/C23H37N3O3/c1-2-3-4-5-6-10-13-20(23(28)21-17-24-14-15-25-21)16-22(27)26-29-18-19-11-8-7-9-12-19/h7-9,11-12,20-21,24-25H,2-6,10,13-18H2,1H3,(H,26,27)/t20-,21+/m1/s1. The van der Waals surface area contributed by atoms with E-state index in [-0.39, 0.29) is 30.1 Å². The topological polar surface area (TPSA) is 79.5 Å². The van der Waals surface area contributed by atoms with Crippen LogP contribution in [0, 0.1) is 5.92 Å². The predicted molar refractivity (Wildman–Crippen MR) is 115 cm³/mol. The van der Waals surface area contributed by atoms with Gasteiger partial charge in [-0.25, -0.2) is 5.48 Å². The highest BCUT2D eigenvalue weighted by atomic mass is 16.6. The van der Waals surface area contributed by atoms with E-state index in [2.05, 4.69) is 23.0 Å². The van der Waals surface area contributed by atoms with Crippen molar-refractivity contribution in [2.75, 3.05) is 19.6 Å². The minimum Gasteiger partial charge on any atom is -0.313 e. The van der Waals surface area contributed by atoms with Gasteiger partial charge in [-0.05, 0) is 12.0 Å². The summed E-state index contributed by atoms with van der Waals surface area (Å²) >= 11 is 0. The lowest BCUT2D eigenvalue weighted by atomic mass is 9.88. The molecule has 0 unspecified atom stereocenters. The number of hydrogen-bond acceptors (Lipinski definition) is 5. The largest absolute Gasteiger partial charge is 0.313 e. The molecule has 1 saturated heterocycles. The van der Waals surface area contributed by atoms with Crippen molar-refractivity contribution >= 4 is 11.7 Å². The third-order valence-corrected chi connectivity index (χ3v) is 5.39. The van der Waals surface area contributed by atoms with E-state index in [0.29, 0.717) is 13.2 Å². The van der Waals surface area contributed by atoms with Crippen molar-refractivity contribution in [3.05, 3.63) is 35.9 Å². The van der Waals surface area contributed by atoms with Crippen LogP contribution in [0.5, 0.6) is 0 Å². The maximum absolute atomic E-state index is 13.0. The third-order valence-electron chi connectivity index (χ3n) is 5.39. The smallest absolute Gasteiger partial charge is 0.244 e. The summed E-state index contributed by atoms with van der Waals surface area (Å²) in [6, 6.07) is 9.49. The molecule has 0 saturated carbocycles. The Hall–Kier alpha value is -1.76. The van der Waals surface area contributed by atoms with Crippen molar-refractivity contribution in [2.45, 2.75) is 70.9 Å². The average Bonchev–Trinajstić information content (AvgIpc) is 2.76. The molecule has 162 valence electrons. The second-order valence-corrected chi connectivity index (χ2v) is 7.87. The second kappa shape index (κ2) is 14.3.